The molecule has 0 bridgehead atoms. The summed E-state index contributed by atoms with van der Waals surface area (Å²) in [5.41, 5.74) is 3.58. The highest BCUT2D eigenvalue weighted by atomic mass is 32.2. The lowest BCUT2D eigenvalue weighted by atomic mass is 9.97. The molecule has 1 aromatic carbocycles. The molecule has 0 amide bonds. The Balaban J connectivity index is 0.000000480. The number of fused-ring (bicyclic) bond motifs is 1. The highest BCUT2D eigenvalue weighted by Gasteiger charge is 2.38. The maximum absolute atomic E-state index is 11.5. The van der Waals surface area contributed by atoms with E-state index < -0.39 is 22.2 Å². The van der Waals surface area contributed by atoms with Crippen LogP contribution in [0.25, 0.3) is 0 Å². The Morgan fingerprint density at radius 1 is 1.29 bits per heavy atom. The van der Waals surface area contributed by atoms with E-state index in [4.69, 9.17) is 14.6 Å². The van der Waals surface area contributed by atoms with Crippen LogP contribution in [-0.4, -0.2) is 51.6 Å². The molecule has 1 heterocycles. The Kier molecular flexibility index (Phi) is 8.71. The third-order valence-corrected chi connectivity index (χ3v) is 5.57. The first kappa shape index (κ1) is 24.2. The Morgan fingerprint density at radius 3 is 2.39 bits per heavy atom. The molecule has 0 fully saturated rings. The van der Waals surface area contributed by atoms with E-state index >= 15 is 0 Å². The number of alkyl halides is 3. The number of halogens is 3. The smallest absolute Gasteiger partial charge is 0.490 e. The zero-order chi connectivity index (χ0) is 21.5. The number of carbonyl (C=O) groups is 1. The van der Waals surface area contributed by atoms with Crippen molar-refractivity contribution in [3.8, 4) is 5.75 Å². The minimum atomic E-state index is -5.08. The van der Waals surface area contributed by atoms with Crippen LogP contribution < -0.4 is 14.8 Å². The molecule has 0 saturated heterocycles. The number of hydrogen-bond donors (Lipinski definition) is 3. The summed E-state index contributed by atoms with van der Waals surface area (Å²) in [5.74, 6) is -1.75. The lowest BCUT2D eigenvalue weighted by Crippen LogP contribution is -2.31. The molecule has 0 aliphatic carbocycles. The van der Waals surface area contributed by atoms with Gasteiger partial charge in [-0.15, -0.1) is 0 Å². The number of hydrogen-bond acceptors (Lipinski definition) is 5. The van der Waals surface area contributed by atoms with Crippen molar-refractivity contribution in [3.63, 3.8) is 0 Å². The monoisotopic (exact) mass is 426 g/mol. The molecule has 2 rings (SSSR count). The number of sulfonamides is 1. The summed E-state index contributed by atoms with van der Waals surface area (Å²) >= 11 is 0. The fourth-order valence-corrected chi connectivity index (χ4v) is 3.11. The summed E-state index contributed by atoms with van der Waals surface area (Å²) in [6.45, 7) is 5.30. The van der Waals surface area contributed by atoms with Crippen molar-refractivity contribution in [2.45, 2.75) is 38.9 Å². The molecule has 0 spiro atoms. The van der Waals surface area contributed by atoms with Gasteiger partial charge in [-0.1, -0.05) is 6.07 Å². The Labute approximate surface area is 162 Å². The van der Waals surface area contributed by atoms with Gasteiger partial charge in [0.15, 0.2) is 0 Å². The molecule has 28 heavy (non-hydrogen) atoms. The number of aliphatic carboxylic acids is 1. The molecule has 0 aromatic heterocycles. The summed E-state index contributed by atoms with van der Waals surface area (Å²) in [6.07, 6.45) is -3.17. The minimum Gasteiger partial charge on any atom is -0.493 e. The number of carboxylic acids is 1. The van der Waals surface area contributed by atoms with Gasteiger partial charge in [-0.25, -0.2) is 17.9 Å². The van der Waals surface area contributed by atoms with Crippen molar-refractivity contribution in [2.24, 2.45) is 0 Å². The molecule has 1 aliphatic heterocycles. The van der Waals surface area contributed by atoms with Crippen LogP contribution in [0.4, 0.5) is 13.2 Å². The molecule has 160 valence electrons. The van der Waals surface area contributed by atoms with Crippen molar-refractivity contribution >= 4 is 16.0 Å². The zero-order valence-electron chi connectivity index (χ0n) is 15.9. The number of rotatable bonds is 5. The number of nitrogens with one attached hydrogen (secondary N) is 2. The van der Waals surface area contributed by atoms with Crippen LogP contribution in [0.5, 0.6) is 5.75 Å². The highest BCUT2D eigenvalue weighted by Crippen LogP contribution is 2.33. The number of ether oxygens (including phenoxy) is 1. The van der Waals surface area contributed by atoms with Crippen LogP contribution in [0.3, 0.4) is 0 Å². The van der Waals surface area contributed by atoms with Gasteiger partial charge in [-0.3, -0.25) is 0 Å². The second-order valence-electron chi connectivity index (χ2n) is 6.30. The van der Waals surface area contributed by atoms with Gasteiger partial charge in [-0.2, -0.15) is 13.2 Å². The molecule has 3 N–H and O–H groups in total. The van der Waals surface area contributed by atoms with E-state index in [2.05, 4.69) is 36.0 Å². The average Bonchev–Trinajstić information content (AvgIpc) is 2.77. The standard InChI is InChI=1S/C15H24N2O3S.C2HF3O2/c1-11-9-13-14(17-6-8-21(18,19)16-3)5-4-7-20-15(13)10-12(11)2;3-2(4,5)1(6)7/h9-10,14,16-17H,4-8H2,1-3H3;(H,6,7). The molecular formula is C17H25F3N2O5S. The van der Waals surface area contributed by atoms with Crippen LogP contribution in [0.2, 0.25) is 0 Å². The van der Waals surface area contributed by atoms with Crippen LogP contribution in [0, 0.1) is 13.8 Å². The largest absolute Gasteiger partial charge is 0.493 e. The van der Waals surface area contributed by atoms with Gasteiger partial charge in [0.1, 0.15) is 5.75 Å². The van der Waals surface area contributed by atoms with Crippen molar-refractivity contribution in [2.75, 3.05) is 26.0 Å². The lowest BCUT2D eigenvalue weighted by Gasteiger charge is -2.19. The second-order valence-corrected chi connectivity index (χ2v) is 8.34. The Morgan fingerprint density at radius 2 is 1.86 bits per heavy atom. The van der Waals surface area contributed by atoms with Gasteiger partial charge in [-0.05, 0) is 50.9 Å². The summed E-state index contributed by atoms with van der Waals surface area (Å²) in [4.78, 5) is 8.90. The number of aryl methyl sites for hydroxylation is 2. The third kappa shape index (κ3) is 7.64. The maximum Gasteiger partial charge on any atom is 0.490 e. The molecule has 0 radical (unpaired) electrons. The van der Waals surface area contributed by atoms with Crippen molar-refractivity contribution in [1.82, 2.24) is 10.0 Å². The Hall–Kier alpha value is -1.85. The van der Waals surface area contributed by atoms with Gasteiger partial charge in [0.05, 0.1) is 12.4 Å². The molecule has 1 aromatic rings. The van der Waals surface area contributed by atoms with E-state index in [1.165, 1.54) is 18.2 Å². The van der Waals surface area contributed by atoms with E-state index in [0.717, 1.165) is 24.2 Å². The molecule has 1 aliphatic rings. The SMILES string of the molecule is CNS(=O)(=O)CCNC1CCCOc2cc(C)c(C)cc21.O=C(O)C(F)(F)F. The third-order valence-electron chi connectivity index (χ3n) is 4.21. The first-order valence-electron chi connectivity index (χ1n) is 8.56. The quantitative estimate of drug-likeness (QED) is 0.667. The first-order chi connectivity index (χ1) is 12.9. The average molecular weight is 426 g/mol. The van der Waals surface area contributed by atoms with Gasteiger partial charge >= 0.3 is 12.1 Å². The fourth-order valence-electron chi connectivity index (χ4n) is 2.52. The van der Waals surface area contributed by atoms with E-state index in [1.54, 1.807) is 0 Å². The van der Waals surface area contributed by atoms with Crippen LogP contribution in [0.1, 0.15) is 35.6 Å². The topological polar surface area (TPSA) is 105 Å². The van der Waals surface area contributed by atoms with Gasteiger partial charge in [0, 0.05) is 18.2 Å². The van der Waals surface area contributed by atoms with Gasteiger partial charge in [0.2, 0.25) is 10.0 Å². The summed E-state index contributed by atoms with van der Waals surface area (Å²) < 4.78 is 62.8. The summed E-state index contributed by atoms with van der Waals surface area (Å²) in [6, 6.07) is 4.38. The van der Waals surface area contributed by atoms with Crippen LogP contribution in [-0.2, 0) is 14.8 Å². The van der Waals surface area contributed by atoms with Crippen molar-refractivity contribution in [3.05, 3.63) is 28.8 Å². The molecule has 1 atom stereocenters. The molecule has 1 unspecified atom stereocenters. The molecule has 7 nitrogen and oxygen atoms in total. The van der Waals surface area contributed by atoms with E-state index in [1.807, 2.05) is 0 Å². The van der Waals surface area contributed by atoms with Crippen molar-refractivity contribution < 1.29 is 36.2 Å². The van der Waals surface area contributed by atoms with Crippen LogP contribution >= 0.6 is 0 Å². The van der Waals surface area contributed by atoms with Crippen LogP contribution in [0.15, 0.2) is 12.1 Å². The Bertz CT molecular complexity index is 782. The fraction of sp³-hybridized carbons (Fsp3) is 0.588. The number of carboxylic acid groups (broad SMARTS) is 1. The predicted molar refractivity (Wildman–Crippen MR) is 97.9 cm³/mol. The van der Waals surface area contributed by atoms with E-state index in [-0.39, 0.29) is 11.8 Å². The number of benzene rings is 1. The van der Waals surface area contributed by atoms with E-state index in [0.29, 0.717) is 13.2 Å². The summed E-state index contributed by atoms with van der Waals surface area (Å²) in [7, 11) is -1.72. The molecular weight excluding hydrogens is 401 g/mol. The lowest BCUT2D eigenvalue weighted by molar-refractivity contribution is -0.192. The second kappa shape index (κ2) is 10.1. The molecule has 0 saturated carbocycles. The van der Waals surface area contributed by atoms with Gasteiger partial charge in [0.25, 0.3) is 0 Å². The van der Waals surface area contributed by atoms with Crippen molar-refractivity contribution in [1.29, 1.82) is 0 Å². The zero-order valence-corrected chi connectivity index (χ0v) is 16.7. The maximum atomic E-state index is 11.5. The highest BCUT2D eigenvalue weighted by molar-refractivity contribution is 7.89. The first-order valence-corrected chi connectivity index (χ1v) is 10.2. The summed E-state index contributed by atoms with van der Waals surface area (Å²) in [5, 5.41) is 10.5. The van der Waals surface area contributed by atoms with E-state index in [9.17, 15) is 21.6 Å². The normalized spacial score (nSPS) is 16.9. The molecule has 11 heteroatoms. The van der Waals surface area contributed by atoms with Gasteiger partial charge < -0.3 is 15.2 Å². The predicted octanol–water partition coefficient (Wildman–Crippen LogP) is 2.29. The minimum absolute atomic E-state index is 0.0844.